The van der Waals surface area contributed by atoms with Crippen LogP contribution >= 0.6 is 0 Å². The first-order chi connectivity index (χ1) is 11.0. The van der Waals surface area contributed by atoms with Gasteiger partial charge in [-0.25, -0.2) is 4.39 Å². The van der Waals surface area contributed by atoms with Gasteiger partial charge >= 0.3 is 0 Å². The molecule has 0 bridgehead atoms. The van der Waals surface area contributed by atoms with Crippen LogP contribution < -0.4 is 5.32 Å². The summed E-state index contributed by atoms with van der Waals surface area (Å²) in [5.74, 6) is -1.96. The van der Waals surface area contributed by atoms with E-state index in [1.807, 2.05) is 0 Å². The molecule has 0 radical (unpaired) electrons. The molecule has 1 N–H and O–H groups in total. The van der Waals surface area contributed by atoms with Gasteiger partial charge < -0.3 is 5.32 Å². The van der Waals surface area contributed by atoms with Crippen LogP contribution in [0.15, 0.2) is 18.2 Å². The third-order valence-electron chi connectivity index (χ3n) is 4.71. The van der Waals surface area contributed by atoms with Crippen molar-refractivity contribution in [2.75, 3.05) is 11.9 Å². The smallest absolute Gasteiger partial charge is 0.244 e. The molecular weight excluding hydrogens is 299 g/mol. The number of fused-ring (bicyclic) bond motifs is 1. The standard InChI is InChI=1S/C17H19FN2O3/c1-10-6-7-11(18)8-14(10)19-15(21)9-20-16(22)12-4-2-3-5-13(12)17(20)23/h6-8,12-13H,2-5,9H2,1H3,(H,19,21)/t12-,13+. The van der Waals surface area contributed by atoms with Crippen LogP contribution in [0.1, 0.15) is 31.2 Å². The van der Waals surface area contributed by atoms with E-state index in [-0.39, 0.29) is 30.2 Å². The van der Waals surface area contributed by atoms with Gasteiger partial charge in [-0.2, -0.15) is 0 Å². The lowest BCUT2D eigenvalue weighted by Crippen LogP contribution is -2.38. The van der Waals surface area contributed by atoms with Gasteiger partial charge in [-0.15, -0.1) is 0 Å². The van der Waals surface area contributed by atoms with Crippen molar-refractivity contribution in [3.8, 4) is 0 Å². The molecule has 122 valence electrons. The van der Waals surface area contributed by atoms with Crippen LogP contribution in [0, 0.1) is 24.6 Å². The highest BCUT2D eigenvalue weighted by atomic mass is 19.1. The largest absolute Gasteiger partial charge is 0.324 e. The predicted octanol–water partition coefficient (Wildman–Crippen LogP) is 2.25. The first-order valence-corrected chi connectivity index (χ1v) is 7.88. The summed E-state index contributed by atoms with van der Waals surface area (Å²) in [6.07, 6.45) is 3.33. The lowest BCUT2D eigenvalue weighted by atomic mass is 9.81. The van der Waals surface area contributed by atoms with Crippen molar-refractivity contribution in [3.05, 3.63) is 29.6 Å². The number of imide groups is 1. The molecule has 1 aliphatic carbocycles. The number of benzene rings is 1. The molecule has 2 aliphatic rings. The fraction of sp³-hybridized carbons (Fsp3) is 0.471. The highest BCUT2D eigenvalue weighted by Crippen LogP contribution is 2.37. The molecule has 23 heavy (non-hydrogen) atoms. The van der Waals surface area contributed by atoms with Crippen LogP contribution in [0.5, 0.6) is 0 Å². The van der Waals surface area contributed by atoms with Crippen LogP contribution in [0.2, 0.25) is 0 Å². The highest BCUT2D eigenvalue weighted by molar-refractivity contribution is 6.08. The third kappa shape index (κ3) is 2.98. The monoisotopic (exact) mass is 318 g/mol. The number of hydrogen-bond donors (Lipinski definition) is 1. The first kappa shape index (κ1) is 15.6. The summed E-state index contributed by atoms with van der Waals surface area (Å²) in [5.41, 5.74) is 1.07. The van der Waals surface area contributed by atoms with Gasteiger partial charge in [0.2, 0.25) is 17.7 Å². The van der Waals surface area contributed by atoms with Crippen LogP contribution in [0.25, 0.3) is 0 Å². The maximum atomic E-state index is 13.3. The molecule has 2 atom stereocenters. The molecule has 6 heteroatoms. The summed E-state index contributed by atoms with van der Waals surface area (Å²) in [7, 11) is 0. The zero-order valence-electron chi connectivity index (χ0n) is 13.0. The molecule has 0 unspecified atom stereocenters. The molecule has 3 rings (SSSR count). The van der Waals surface area contributed by atoms with E-state index in [1.54, 1.807) is 13.0 Å². The topological polar surface area (TPSA) is 66.5 Å². The van der Waals surface area contributed by atoms with Gasteiger partial charge in [0.25, 0.3) is 0 Å². The zero-order valence-corrected chi connectivity index (χ0v) is 13.0. The maximum Gasteiger partial charge on any atom is 0.244 e. The van der Waals surface area contributed by atoms with Crippen LogP contribution in [0.3, 0.4) is 0 Å². The van der Waals surface area contributed by atoms with Gasteiger partial charge in [-0.3, -0.25) is 19.3 Å². The predicted molar refractivity (Wildman–Crippen MR) is 81.9 cm³/mol. The van der Waals surface area contributed by atoms with Crippen molar-refractivity contribution in [2.24, 2.45) is 11.8 Å². The van der Waals surface area contributed by atoms with E-state index in [2.05, 4.69) is 5.32 Å². The van der Waals surface area contributed by atoms with E-state index >= 15 is 0 Å². The number of nitrogens with zero attached hydrogens (tertiary/aromatic N) is 1. The number of aryl methyl sites for hydroxylation is 1. The van der Waals surface area contributed by atoms with E-state index in [9.17, 15) is 18.8 Å². The summed E-state index contributed by atoms with van der Waals surface area (Å²) in [6, 6.07) is 4.09. The maximum absolute atomic E-state index is 13.3. The molecule has 1 aromatic carbocycles. The summed E-state index contributed by atoms with van der Waals surface area (Å²) in [6.45, 7) is 1.44. The molecule has 1 aromatic rings. The third-order valence-corrected chi connectivity index (χ3v) is 4.71. The van der Waals surface area contributed by atoms with Gasteiger partial charge in [0.05, 0.1) is 11.8 Å². The summed E-state index contributed by atoms with van der Waals surface area (Å²) in [4.78, 5) is 37.9. The minimum Gasteiger partial charge on any atom is -0.324 e. The van der Waals surface area contributed by atoms with Gasteiger partial charge in [-0.1, -0.05) is 18.9 Å². The Morgan fingerprint density at radius 2 is 1.83 bits per heavy atom. The number of carbonyl (C=O) groups is 3. The molecule has 2 fully saturated rings. The molecule has 0 aromatic heterocycles. The summed E-state index contributed by atoms with van der Waals surface area (Å²) >= 11 is 0. The number of halogens is 1. The average Bonchev–Trinajstić information content (AvgIpc) is 2.76. The van der Waals surface area contributed by atoms with Crippen molar-refractivity contribution in [3.63, 3.8) is 0 Å². The minimum atomic E-state index is -0.487. The fourth-order valence-corrected chi connectivity index (χ4v) is 3.45. The zero-order chi connectivity index (χ0) is 16.6. The van der Waals surface area contributed by atoms with E-state index in [0.717, 1.165) is 30.6 Å². The first-order valence-electron chi connectivity index (χ1n) is 7.88. The second-order valence-electron chi connectivity index (χ2n) is 6.27. The molecule has 3 amide bonds. The Hall–Kier alpha value is -2.24. The van der Waals surface area contributed by atoms with Crippen molar-refractivity contribution in [2.45, 2.75) is 32.6 Å². The second kappa shape index (κ2) is 6.10. The lowest BCUT2D eigenvalue weighted by molar-refractivity contribution is -0.142. The van der Waals surface area contributed by atoms with E-state index in [4.69, 9.17) is 0 Å². The van der Waals surface area contributed by atoms with E-state index in [1.165, 1.54) is 12.1 Å². The fourth-order valence-electron chi connectivity index (χ4n) is 3.45. The van der Waals surface area contributed by atoms with Gasteiger partial charge in [-0.05, 0) is 37.5 Å². The Morgan fingerprint density at radius 1 is 1.22 bits per heavy atom. The number of rotatable bonds is 3. The number of nitrogens with one attached hydrogen (secondary N) is 1. The Balaban J connectivity index is 1.69. The van der Waals surface area contributed by atoms with E-state index < -0.39 is 11.7 Å². The molecule has 1 aliphatic heterocycles. The summed E-state index contributed by atoms with van der Waals surface area (Å²) < 4.78 is 13.3. The van der Waals surface area contributed by atoms with Crippen LogP contribution in [-0.4, -0.2) is 29.2 Å². The van der Waals surface area contributed by atoms with E-state index in [0.29, 0.717) is 11.3 Å². The molecule has 1 heterocycles. The lowest BCUT2D eigenvalue weighted by Gasteiger charge is -2.19. The molecule has 1 saturated heterocycles. The number of amides is 3. The van der Waals surface area contributed by atoms with Gasteiger partial charge in [0.15, 0.2) is 0 Å². The van der Waals surface area contributed by atoms with Gasteiger partial charge in [0.1, 0.15) is 12.4 Å². The van der Waals surface area contributed by atoms with Crippen molar-refractivity contribution in [1.29, 1.82) is 0 Å². The molecule has 1 saturated carbocycles. The normalized spacial score (nSPS) is 23.8. The molecule has 5 nitrogen and oxygen atoms in total. The Labute approximate surface area is 133 Å². The number of likely N-dealkylation sites (tertiary alicyclic amines) is 1. The number of hydrogen-bond acceptors (Lipinski definition) is 3. The van der Waals surface area contributed by atoms with Gasteiger partial charge in [0, 0.05) is 5.69 Å². The molecule has 0 spiro atoms. The second-order valence-corrected chi connectivity index (χ2v) is 6.27. The Bertz CT molecular complexity index is 650. The number of carbonyl (C=O) groups excluding carboxylic acids is 3. The van der Waals surface area contributed by atoms with Crippen molar-refractivity contribution < 1.29 is 18.8 Å². The average molecular weight is 318 g/mol. The summed E-state index contributed by atoms with van der Waals surface area (Å²) in [5, 5.41) is 2.58. The van der Waals surface area contributed by atoms with Crippen LogP contribution in [-0.2, 0) is 14.4 Å². The quantitative estimate of drug-likeness (QED) is 0.869. The van der Waals surface area contributed by atoms with Crippen molar-refractivity contribution in [1.82, 2.24) is 4.90 Å². The highest BCUT2D eigenvalue weighted by Gasteiger charge is 2.48. The number of anilines is 1. The Kier molecular flexibility index (Phi) is 4.15. The van der Waals surface area contributed by atoms with Crippen molar-refractivity contribution >= 4 is 23.4 Å². The SMILES string of the molecule is Cc1ccc(F)cc1NC(=O)CN1C(=O)[C@H]2CCCC[C@H]2C1=O. The minimum absolute atomic E-state index is 0.245. The Morgan fingerprint density at radius 3 is 2.43 bits per heavy atom. The van der Waals surface area contributed by atoms with Crippen LogP contribution in [0.4, 0.5) is 10.1 Å². The molecular formula is C17H19FN2O3.